The van der Waals surface area contributed by atoms with E-state index in [2.05, 4.69) is 37.4 Å². The Morgan fingerprint density at radius 1 is 1.19 bits per heavy atom. The Morgan fingerprint density at radius 2 is 2.05 bits per heavy atom. The molecule has 2 aliphatic carbocycles. The molecule has 116 valence electrons. The molecule has 0 radical (unpaired) electrons. The molecule has 1 saturated carbocycles. The van der Waals surface area contributed by atoms with Crippen LogP contribution in [0, 0.1) is 0 Å². The molecule has 0 bridgehead atoms. The molecule has 0 aromatic heterocycles. The molecule has 0 saturated heterocycles. The van der Waals surface area contributed by atoms with Crippen molar-refractivity contribution in [3.05, 3.63) is 29.3 Å². The summed E-state index contributed by atoms with van der Waals surface area (Å²) in [6, 6.07) is 7.04. The van der Waals surface area contributed by atoms with E-state index in [0.29, 0.717) is 6.04 Å². The maximum Gasteiger partial charge on any atom is 0.128 e. The van der Waals surface area contributed by atoms with Crippen molar-refractivity contribution in [2.45, 2.75) is 64.2 Å². The van der Waals surface area contributed by atoms with E-state index in [4.69, 9.17) is 9.47 Å². The van der Waals surface area contributed by atoms with Crippen LogP contribution in [0.1, 0.15) is 44.2 Å². The minimum Gasteiger partial charge on any atom is -0.488 e. The predicted molar refractivity (Wildman–Crippen MR) is 85.0 cm³/mol. The van der Waals surface area contributed by atoms with Crippen molar-refractivity contribution in [3.8, 4) is 5.75 Å². The van der Waals surface area contributed by atoms with E-state index in [1.165, 1.54) is 30.4 Å². The quantitative estimate of drug-likeness (QED) is 0.836. The fourth-order valence-electron chi connectivity index (χ4n) is 3.43. The Morgan fingerprint density at radius 3 is 2.86 bits per heavy atom. The van der Waals surface area contributed by atoms with Crippen LogP contribution in [-0.4, -0.2) is 31.4 Å². The number of ether oxygens (including phenoxy) is 2. The van der Waals surface area contributed by atoms with Crippen LogP contribution in [0.25, 0.3) is 0 Å². The lowest BCUT2D eigenvalue weighted by atomic mass is 9.85. The Hall–Kier alpha value is -1.06. The second-order valence-electron chi connectivity index (χ2n) is 6.18. The zero-order valence-electron chi connectivity index (χ0n) is 13.2. The first-order valence-electron chi connectivity index (χ1n) is 8.45. The van der Waals surface area contributed by atoms with Gasteiger partial charge < -0.3 is 14.8 Å². The van der Waals surface area contributed by atoms with Gasteiger partial charge in [0.2, 0.25) is 0 Å². The first kappa shape index (κ1) is 14.9. The first-order chi connectivity index (χ1) is 10.3. The third kappa shape index (κ3) is 3.24. The molecule has 1 aromatic rings. The van der Waals surface area contributed by atoms with Crippen molar-refractivity contribution in [3.63, 3.8) is 0 Å². The van der Waals surface area contributed by atoms with E-state index < -0.39 is 0 Å². The summed E-state index contributed by atoms with van der Waals surface area (Å²) in [5, 5.41) is 3.49. The number of fused-ring (bicyclic) bond motifs is 1. The Balaban J connectivity index is 1.61. The van der Waals surface area contributed by atoms with E-state index in [9.17, 15) is 0 Å². The third-order valence-corrected chi connectivity index (χ3v) is 4.59. The highest BCUT2D eigenvalue weighted by Gasteiger charge is 2.43. The lowest BCUT2D eigenvalue weighted by Gasteiger charge is -2.44. The topological polar surface area (TPSA) is 30.5 Å². The number of aryl methyl sites for hydroxylation is 2. The van der Waals surface area contributed by atoms with Crippen LogP contribution in [-0.2, 0) is 17.6 Å². The van der Waals surface area contributed by atoms with Crippen molar-refractivity contribution >= 4 is 0 Å². The van der Waals surface area contributed by atoms with Crippen molar-refractivity contribution in [2.24, 2.45) is 0 Å². The van der Waals surface area contributed by atoms with E-state index in [-0.39, 0.29) is 12.2 Å². The molecule has 1 fully saturated rings. The normalized spacial score (nSPS) is 27.2. The summed E-state index contributed by atoms with van der Waals surface area (Å²) in [6.45, 7) is 6.10. The number of nitrogens with one attached hydrogen (secondary N) is 1. The summed E-state index contributed by atoms with van der Waals surface area (Å²) in [5.74, 6) is 1.01. The third-order valence-electron chi connectivity index (χ3n) is 4.59. The molecular weight excluding hydrogens is 262 g/mol. The largest absolute Gasteiger partial charge is 0.488 e. The maximum atomic E-state index is 6.20. The summed E-state index contributed by atoms with van der Waals surface area (Å²) >= 11 is 0. The zero-order valence-corrected chi connectivity index (χ0v) is 13.2. The molecule has 2 aliphatic rings. The van der Waals surface area contributed by atoms with Gasteiger partial charge in [-0.05, 0) is 55.5 Å². The number of hydrogen-bond acceptors (Lipinski definition) is 3. The van der Waals surface area contributed by atoms with Gasteiger partial charge in [-0.15, -0.1) is 0 Å². The van der Waals surface area contributed by atoms with Crippen molar-refractivity contribution in [1.82, 2.24) is 5.32 Å². The number of likely N-dealkylation sites (N-methyl/N-ethyl adjacent to an activating group) is 1. The lowest BCUT2D eigenvalue weighted by Crippen LogP contribution is -2.61. The van der Waals surface area contributed by atoms with E-state index in [0.717, 1.165) is 31.7 Å². The van der Waals surface area contributed by atoms with Crippen LogP contribution in [0.15, 0.2) is 18.2 Å². The Bertz CT molecular complexity index is 474. The van der Waals surface area contributed by atoms with Gasteiger partial charge in [-0.3, -0.25) is 0 Å². The molecule has 0 amide bonds. The van der Waals surface area contributed by atoms with Gasteiger partial charge in [0.25, 0.3) is 0 Å². The van der Waals surface area contributed by atoms with Crippen molar-refractivity contribution < 1.29 is 9.47 Å². The fourth-order valence-corrected chi connectivity index (χ4v) is 3.43. The highest BCUT2D eigenvalue weighted by molar-refractivity contribution is 5.38. The minimum atomic E-state index is 0.193. The second-order valence-corrected chi connectivity index (χ2v) is 6.18. The van der Waals surface area contributed by atoms with Crippen LogP contribution in [0.5, 0.6) is 5.75 Å². The van der Waals surface area contributed by atoms with Gasteiger partial charge in [-0.2, -0.15) is 0 Å². The van der Waals surface area contributed by atoms with Gasteiger partial charge in [0, 0.05) is 19.1 Å². The molecule has 3 heteroatoms. The molecule has 0 aliphatic heterocycles. The molecular formula is C18H27NO2. The standard InChI is InChI=1S/C18H27NO2/c1-3-10-20-18-16(19-4-2)12-17(18)21-15-9-8-13-6-5-7-14(13)11-15/h8-9,11,16-19H,3-7,10,12H2,1-2H3. The maximum absolute atomic E-state index is 6.20. The molecule has 3 unspecified atom stereocenters. The van der Waals surface area contributed by atoms with E-state index in [1.54, 1.807) is 0 Å². The summed E-state index contributed by atoms with van der Waals surface area (Å²) in [7, 11) is 0. The van der Waals surface area contributed by atoms with Crippen LogP contribution < -0.4 is 10.1 Å². The highest BCUT2D eigenvalue weighted by atomic mass is 16.5. The molecule has 0 heterocycles. The monoisotopic (exact) mass is 289 g/mol. The summed E-state index contributed by atoms with van der Waals surface area (Å²) < 4.78 is 12.2. The molecule has 0 spiro atoms. The van der Waals surface area contributed by atoms with Gasteiger partial charge in [0.15, 0.2) is 0 Å². The number of benzene rings is 1. The molecule has 3 nitrogen and oxygen atoms in total. The number of hydrogen-bond donors (Lipinski definition) is 1. The predicted octanol–water partition coefficient (Wildman–Crippen LogP) is 3.10. The minimum absolute atomic E-state index is 0.193. The first-order valence-corrected chi connectivity index (χ1v) is 8.45. The van der Waals surface area contributed by atoms with Crippen LogP contribution >= 0.6 is 0 Å². The van der Waals surface area contributed by atoms with Gasteiger partial charge in [0.1, 0.15) is 18.0 Å². The average Bonchev–Trinajstić information content (AvgIpc) is 2.94. The Kier molecular flexibility index (Phi) is 4.81. The van der Waals surface area contributed by atoms with Crippen LogP contribution in [0.3, 0.4) is 0 Å². The second kappa shape index (κ2) is 6.80. The molecule has 1 aromatic carbocycles. The van der Waals surface area contributed by atoms with Crippen molar-refractivity contribution in [2.75, 3.05) is 13.2 Å². The highest BCUT2D eigenvalue weighted by Crippen LogP contribution is 2.32. The summed E-state index contributed by atoms with van der Waals surface area (Å²) in [5.41, 5.74) is 2.97. The molecule has 21 heavy (non-hydrogen) atoms. The van der Waals surface area contributed by atoms with Gasteiger partial charge >= 0.3 is 0 Å². The van der Waals surface area contributed by atoms with Crippen LogP contribution in [0.4, 0.5) is 0 Å². The molecule has 3 rings (SSSR count). The van der Waals surface area contributed by atoms with Crippen LogP contribution in [0.2, 0.25) is 0 Å². The van der Waals surface area contributed by atoms with Gasteiger partial charge in [0.05, 0.1) is 0 Å². The van der Waals surface area contributed by atoms with Gasteiger partial charge in [-0.25, -0.2) is 0 Å². The van der Waals surface area contributed by atoms with E-state index >= 15 is 0 Å². The zero-order chi connectivity index (χ0) is 14.7. The fraction of sp³-hybridized carbons (Fsp3) is 0.667. The molecule has 3 atom stereocenters. The summed E-state index contributed by atoms with van der Waals surface area (Å²) in [6.07, 6.45) is 6.20. The lowest BCUT2D eigenvalue weighted by molar-refractivity contribution is -0.107. The SMILES string of the molecule is CCCOC1C(NCC)CC1Oc1ccc2c(c1)CCC2. The van der Waals surface area contributed by atoms with Gasteiger partial charge in [-0.1, -0.05) is 19.9 Å². The van der Waals surface area contributed by atoms with E-state index in [1.807, 2.05) is 0 Å². The Labute approximate surface area is 128 Å². The smallest absolute Gasteiger partial charge is 0.128 e. The number of rotatable bonds is 7. The summed E-state index contributed by atoms with van der Waals surface area (Å²) in [4.78, 5) is 0. The average molecular weight is 289 g/mol. The molecule has 1 N–H and O–H groups in total. The van der Waals surface area contributed by atoms with Crippen molar-refractivity contribution in [1.29, 1.82) is 0 Å².